The molecule has 6 unspecified atom stereocenters. The molecule has 382 valence electrons. The minimum absolute atomic E-state index is 0.0179. The molecule has 0 radical (unpaired) electrons. The van der Waals surface area contributed by atoms with E-state index in [1.807, 2.05) is 12.2 Å². The molecule has 1 aliphatic carbocycles. The van der Waals surface area contributed by atoms with Crippen LogP contribution in [0.2, 0.25) is 0 Å². The van der Waals surface area contributed by atoms with Crippen molar-refractivity contribution in [3.8, 4) is 0 Å². The molecule has 13 nitrogen and oxygen atoms in total. The van der Waals surface area contributed by atoms with Crippen molar-refractivity contribution in [1.82, 2.24) is 0 Å². The molecule has 0 aromatic heterocycles. The zero-order chi connectivity index (χ0) is 48.5. The summed E-state index contributed by atoms with van der Waals surface area (Å²) >= 11 is 0. The number of esters is 2. The van der Waals surface area contributed by atoms with Crippen LogP contribution in [0.4, 0.5) is 0 Å². The second-order valence-electron chi connectivity index (χ2n) is 17.7. The minimum atomic E-state index is -5.14. The number of carbonyl (C=O) groups excluding carboxylic acids is 2. The molecule has 0 heterocycles. The normalized spacial score (nSPS) is 21.8. The van der Waals surface area contributed by atoms with Gasteiger partial charge in [-0.1, -0.05) is 197 Å². The van der Waals surface area contributed by atoms with Crippen molar-refractivity contribution >= 4 is 19.8 Å². The topological polar surface area (TPSA) is 210 Å². The number of carbonyl (C=O) groups is 2. The first-order chi connectivity index (χ1) is 31.9. The number of rotatable bonds is 42. The van der Waals surface area contributed by atoms with Crippen LogP contribution in [-0.2, 0) is 32.7 Å². The SMILES string of the molecule is CC/C=C\C/C=C\C/C=C\C/C=C\C/C=C\CCCC(=O)OC(COC(=O)CCCCCCCCCCCCCCCCCCCCCC)COP(=O)(O)OC1C(O)C(O)C(O)C(O)C1O. The number of hydrogen-bond acceptors (Lipinski definition) is 12. The van der Waals surface area contributed by atoms with Gasteiger partial charge in [0.25, 0.3) is 0 Å². The first-order valence-corrected chi connectivity index (χ1v) is 27.1. The highest BCUT2D eigenvalue weighted by molar-refractivity contribution is 7.47. The molecule has 1 fully saturated rings. The van der Waals surface area contributed by atoms with Gasteiger partial charge in [-0.15, -0.1) is 0 Å². The number of aliphatic hydroxyl groups excluding tert-OH is 5. The molecule has 1 rings (SSSR count). The molecule has 0 amide bonds. The van der Waals surface area contributed by atoms with E-state index in [1.165, 1.54) is 103 Å². The largest absolute Gasteiger partial charge is 0.472 e. The Balaban J connectivity index is 2.43. The molecule has 0 aromatic carbocycles. The van der Waals surface area contributed by atoms with Gasteiger partial charge in [0.2, 0.25) is 0 Å². The third-order valence-corrected chi connectivity index (χ3v) is 12.6. The number of aliphatic hydroxyl groups is 5. The molecule has 1 saturated carbocycles. The molecule has 0 saturated heterocycles. The average molecular weight is 955 g/mol. The molecule has 1 aliphatic rings. The fourth-order valence-electron chi connectivity index (χ4n) is 7.56. The molecule has 0 spiro atoms. The number of phosphoric ester groups is 1. The Bertz CT molecular complexity index is 1380. The van der Waals surface area contributed by atoms with Crippen LogP contribution in [-0.4, -0.2) is 98.3 Å². The van der Waals surface area contributed by atoms with Crippen LogP contribution in [0.25, 0.3) is 0 Å². The lowest BCUT2D eigenvalue weighted by Crippen LogP contribution is -2.64. The standard InChI is InChI=1S/C52H91O13P/c1-3-5-7-9-11-13-15-17-19-21-22-23-25-26-28-30-32-34-36-38-40-45(53)62-42-44(43-63-66(60,61)65-52-50(58)48(56)47(55)49(57)51(52)59)64-46(54)41-39-37-35-33-31-29-27-24-20-18-16-14-12-10-8-6-4-2/h6,8,12,14,18,20,27,29,33,35,44,47-52,55-59H,3-5,7,9-11,13,15-17,19,21-26,28,30-32,34,36-43H2,1-2H3,(H,60,61)/b8-6-,14-12-,20-18-,29-27-,35-33-. The molecule has 0 bridgehead atoms. The number of hydrogen-bond donors (Lipinski definition) is 6. The third-order valence-electron chi connectivity index (χ3n) is 11.6. The van der Waals surface area contributed by atoms with E-state index in [0.29, 0.717) is 19.3 Å². The number of phosphoric acid groups is 1. The van der Waals surface area contributed by atoms with Crippen molar-refractivity contribution in [2.45, 2.75) is 243 Å². The van der Waals surface area contributed by atoms with E-state index in [2.05, 4.69) is 62.5 Å². The van der Waals surface area contributed by atoms with Crippen molar-refractivity contribution in [3.63, 3.8) is 0 Å². The van der Waals surface area contributed by atoms with Crippen molar-refractivity contribution < 1.29 is 63.1 Å². The van der Waals surface area contributed by atoms with Crippen LogP contribution in [0.5, 0.6) is 0 Å². The van der Waals surface area contributed by atoms with Crippen LogP contribution < -0.4 is 0 Å². The van der Waals surface area contributed by atoms with Crippen LogP contribution >= 0.6 is 7.82 Å². The predicted octanol–water partition coefficient (Wildman–Crippen LogP) is 10.9. The van der Waals surface area contributed by atoms with Gasteiger partial charge in [-0.2, -0.15) is 0 Å². The highest BCUT2D eigenvalue weighted by atomic mass is 31.2. The molecule has 14 heteroatoms. The molecule has 0 aromatic rings. The van der Waals surface area contributed by atoms with Gasteiger partial charge in [0.1, 0.15) is 43.2 Å². The molecule has 6 N–H and O–H groups in total. The van der Waals surface area contributed by atoms with Crippen molar-refractivity contribution in [1.29, 1.82) is 0 Å². The van der Waals surface area contributed by atoms with E-state index < -0.39 is 75.7 Å². The lowest BCUT2D eigenvalue weighted by Gasteiger charge is -2.41. The monoisotopic (exact) mass is 955 g/mol. The summed E-state index contributed by atoms with van der Waals surface area (Å²) in [6, 6.07) is 0. The van der Waals surface area contributed by atoms with E-state index in [-0.39, 0.29) is 12.8 Å². The van der Waals surface area contributed by atoms with Crippen molar-refractivity contribution in [3.05, 3.63) is 60.8 Å². The van der Waals surface area contributed by atoms with E-state index in [4.69, 9.17) is 18.5 Å². The fraction of sp³-hybridized carbons (Fsp3) is 0.769. The number of ether oxygens (including phenoxy) is 2. The lowest BCUT2D eigenvalue weighted by atomic mass is 9.85. The molecule has 6 atom stereocenters. The van der Waals surface area contributed by atoms with Gasteiger partial charge < -0.3 is 39.9 Å². The van der Waals surface area contributed by atoms with Crippen LogP contribution in [0.1, 0.15) is 200 Å². The summed E-state index contributed by atoms with van der Waals surface area (Å²) in [4.78, 5) is 35.8. The summed E-state index contributed by atoms with van der Waals surface area (Å²) in [5.41, 5.74) is 0. The minimum Gasteiger partial charge on any atom is -0.462 e. The van der Waals surface area contributed by atoms with Gasteiger partial charge in [0, 0.05) is 12.8 Å². The zero-order valence-electron chi connectivity index (χ0n) is 40.7. The fourth-order valence-corrected chi connectivity index (χ4v) is 8.53. The third kappa shape index (κ3) is 33.1. The van der Waals surface area contributed by atoms with E-state index in [0.717, 1.165) is 51.4 Å². The average Bonchev–Trinajstić information content (AvgIpc) is 3.30. The lowest BCUT2D eigenvalue weighted by molar-refractivity contribution is -0.220. The summed E-state index contributed by atoms with van der Waals surface area (Å²) in [6.07, 6.45) is 38.5. The van der Waals surface area contributed by atoms with Gasteiger partial charge in [-0.05, 0) is 51.4 Å². The second kappa shape index (κ2) is 41.5. The Hall–Kier alpha value is -2.45. The van der Waals surface area contributed by atoms with E-state index in [1.54, 1.807) is 0 Å². The summed E-state index contributed by atoms with van der Waals surface area (Å²) in [5, 5.41) is 50.2. The van der Waals surface area contributed by atoms with Crippen LogP contribution in [0, 0.1) is 0 Å². The van der Waals surface area contributed by atoms with Crippen LogP contribution in [0.15, 0.2) is 60.8 Å². The molecule has 66 heavy (non-hydrogen) atoms. The molecular weight excluding hydrogens is 864 g/mol. The first kappa shape index (κ1) is 61.6. The molecular formula is C52H91O13P. The van der Waals surface area contributed by atoms with Crippen molar-refractivity contribution in [2.75, 3.05) is 13.2 Å². The summed E-state index contributed by atoms with van der Waals surface area (Å²) in [6.45, 7) is 3.16. The first-order valence-electron chi connectivity index (χ1n) is 25.6. The Morgan fingerprint density at radius 1 is 0.485 bits per heavy atom. The van der Waals surface area contributed by atoms with Gasteiger partial charge in [-0.25, -0.2) is 4.57 Å². The van der Waals surface area contributed by atoms with Gasteiger partial charge >= 0.3 is 19.8 Å². The summed E-state index contributed by atoms with van der Waals surface area (Å²) < 4.78 is 33.6. The maximum absolute atomic E-state index is 12.8. The van der Waals surface area contributed by atoms with E-state index >= 15 is 0 Å². The number of allylic oxidation sites excluding steroid dienone is 10. The van der Waals surface area contributed by atoms with Crippen molar-refractivity contribution in [2.24, 2.45) is 0 Å². The number of unbranched alkanes of at least 4 members (excludes halogenated alkanes) is 20. The zero-order valence-corrected chi connectivity index (χ0v) is 41.6. The van der Waals surface area contributed by atoms with Gasteiger partial charge in [-0.3, -0.25) is 18.6 Å². The Labute approximate surface area is 398 Å². The Kier molecular flexibility index (Phi) is 38.7. The maximum Gasteiger partial charge on any atom is 0.472 e. The van der Waals surface area contributed by atoms with E-state index in [9.17, 15) is 44.6 Å². The van der Waals surface area contributed by atoms with Crippen LogP contribution in [0.3, 0.4) is 0 Å². The smallest absolute Gasteiger partial charge is 0.462 e. The molecule has 0 aliphatic heterocycles. The maximum atomic E-state index is 12.8. The predicted molar refractivity (Wildman–Crippen MR) is 262 cm³/mol. The highest BCUT2D eigenvalue weighted by Crippen LogP contribution is 2.47. The second-order valence-corrected chi connectivity index (χ2v) is 19.1. The van der Waals surface area contributed by atoms with Gasteiger partial charge in [0.05, 0.1) is 6.61 Å². The highest BCUT2D eigenvalue weighted by Gasteiger charge is 2.51. The quantitative estimate of drug-likeness (QED) is 0.0146. The Morgan fingerprint density at radius 2 is 0.864 bits per heavy atom. The summed E-state index contributed by atoms with van der Waals surface area (Å²) in [5.74, 6) is -1.16. The van der Waals surface area contributed by atoms with Gasteiger partial charge in [0.15, 0.2) is 6.10 Å². The summed E-state index contributed by atoms with van der Waals surface area (Å²) in [7, 11) is -5.14. The Morgan fingerprint density at radius 3 is 1.30 bits per heavy atom.